The Labute approximate surface area is 233 Å². The second-order valence-electron chi connectivity index (χ2n) is 11.1. The van der Waals surface area contributed by atoms with Gasteiger partial charge in [0.2, 0.25) is 5.91 Å². The lowest BCUT2D eigenvalue weighted by molar-refractivity contribution is -0.139. The Bertz CT molecular complexity index is 1330. The van der Waals surface area contributed by atoms with Crippen LogP contribution in [-0.2, 0) is 20.8 Å². The fourth-order valence-electron chi connectivity index (χ4n) is 6.08. The van der Waals surface area contributed by atoms with E-state index in [1.54, 1.807) is 35.2 Å². The van der Waals surface area contributed by atoms with E-state index in [0.29, 0.717) is 12.8 Å². The average molecular weight is 580 g/mol. The molecule has 1 N–H and O–H groups in total. The second-order valence-corrected chi connectivity index (χ2v) is 13.1. The Morgan fingerprint density at radius 1 is 1.10 bits per heavy atom. The zero-order chi connectivity index (χ0) is 29.3. The van der Waals surface area contributed by atoms with Crippen LogP contribution in [0.4, 0.5) is 13.2 Å². The molecule has 2 amide bonds. The molecule has 218 valence electrons. The maximum atomic E-state index is 13.9. The van der Waals surface area contributed by atoms with Gasteiger partial charge in [-0.25, -0.2) is 8.42 Å². The summed E-state index contributed by atoms with van der Waals surface area (Å²) < 4.78 is 67.0. The summed E-state index contributed by atoms with van der Waals surface area (Å²) in [5.74, 6) is -1.45. The van der Waals surface area contributed by atoms with Gasteiger partial charge in [-0.3, -0.25) is 14.5 Å². The molecule has 1 saturated carbocycles. The Kier molecular flexibility index (Phi) is 8.65. The van der Waals surface area contributed by atoms with Crippen molar-refractivity contribution in [3.05, 3.63) is 65.7 Å². The third-order valence-corrected chi connectivity index (χ3v) is 10.2. The van der Waals surface area contributed by atoms with Crippen LogP contribution in [0.1, 0.15) is 61.9 Å². The van der Waals surface area contributed by atoms with Gasteiger partial charge in [0.25, 0.3) is 5.91 Å². The number of nitrogens with one attached hydrogen (secondary N) is 1. The van der Waals surface area contributed by atoms with E-state index in [1.807, 2.05) is 20.9 Å². The second kappa shape index (κ2) is 11.5. The average Bonchev–Trinajstić information content (AvgIpc) is 3.28. The number of hydrogen-bond acceptors (Lipinski definition) is 5. The molecule has 4 rings (SSSR count). The highest BCUT2D eigenvalue weighted by Crippen LogP contribution is 2.42. The number of sulfone groups is 1. The minimum Gasteiger partial charge on any atom is -0.340 e. The minimum absolute atomic E-state index is 0.0935. The molecular weight excluding hydrogens is 543 g/mol. The van der Waals surface area contributed by atoms with Crippen LogP contribution < -0.4 is 5.32 Å². The van der Waals surface area contributed by atoms with E-state index in [1.165, 1.54) is 6.07 Å². The molecule has 0 aromatic heterocycles. The number of halogens is 3. The van der Waals surface area contributed by atoms with E-state index in [9.17, 15) is 31.2 Å². The van der Waals surface area contributed by atoms with Crippen molar-refractivity contribution in [2.75, 3.05) is 19.3 Å². The Morgan fingerprint density at radius 3 is 2.45 bits per heavy atom. The first kappa shape index (κ1) is 30.0. The summed E-state index contributed by atoms with van der Waals surface area (Å²) in [5.41, 5.74) is -2.18. The lowest BCUT2D eigenvalue weighted by Gasteiger charge is -2.53. The van der Waals surface area contributed by atoms with Crippen molar-refractivity contribution in [1.29, 1.82) is 0 Å². The molecule has 2 aliphatic rings. The van der Waals surface area contributed by atoms with Crippen LogP contribution in [0.3, 0.4) is 0 Å². The maximum Gasteiger partial charge on any atom is 0.416 e. The van der Waals surface area contributed by atoms with Gasteiger partial charge in [-0.1, -0.05) is 37.1 Å². The molecule has 3 atom stereocenters. The van der Waals surface area contributed by atoms with Crippen LogP contribution >= 0.6 is 0 Å². The van der Waals surface area contributed by atoms with Crippen LogP contribution in [0.15, 0.2) is 59.5 Å². The first-order valence-corrected chi connectivity index (χ1v) is 15.2. The Hall–Kier alpha value is -2.92. The van der Waals surface area contributed by atoms with Gasteiger partial charge >= 0.3 is 6.18 Å². The molecule has 0 spiro atoms. The predicted molar refractivity (Wildman–Crippen MR) is 145 cm³/mol. The van der Waals surface area contributed by atoms with Crippen molar-refractivity contribution in [3.63, 3.8) is 0 Å². The fraction of sp³-hybridized carbons (Fsp3) is 0.517. The zero-order valence-corrected chi connectivity index (χ0v) is 23.8. The number of likely N-dealkylation sites (N-methyl/N-ethyl adjacent to an activating group) is 1. The molecule has 2 aromatic rings. The van der Waals surface area contributed by atoms with Crippen molar-refractivity contribution in [2.45, 2.75) is 80.7 Å². The smallest absolute Gasteiger partial charge is 0.340 e. The highest BCUT2D eigenvalue weighted by Gasteiger charge is 2.54. The van der Waals surface area contributed by atoms with Crippen molar-refractivity contribution < 1.29 is 31.2 Å². The summed E-state index contributed by atoms with van der Waals surface area (Å²) in [6, 6.07) is 11.1. The normalized spacial score (nSPS) is 24.1. The van der Waals surface area contributed by atoms with Gasteiger partial charge in [0, 0.05) is 24.2 Å². The van der Waals surface area contributed by atoms with Crippen LogP contribution in [0.25, 0.3) is 0 Å². The van der Waals surface area contributed by atoms with Gasteiger partial charge in [0.15, 0.2) is 9.84 Å². The number of rotatable bonds is 8. The first-order valence-electron chi connectivity index (χ1n) is 13.6. The molecule has 40 heavy (non-hydrogen) atoms. The molecule has 1 aliphatic carbocycles. The molecular formula is C29H36F3N3O4S. The van der Waals surface area contributed by atoms with Gasteiger partial charge in [-0.15, -0.1) is 0 Å². The molecule has 2 fully saturated rings. The van der Waals surface area contributed by atoms with Gasteiger partial charge in [0.05, 0.1) is 21.8 Å². The van der Waals surface area contributed by atoms with Crippen molar-refractivity contribution in [2.24, 2.45) is 0 Å². The van der Waals surface area contributed by atoms with Gasteiger partial charge in [-0.05, 0) is 70.5 Å². The maximum absolute atomic E-state index is 13.9. The highest BCUT2D eigenvalue weighted by atomic mass is 32.2. The Balaban J connectivity index is 1.65. The standard InChI is InChI=1S/C29H36F3N3O4S/c1-20(2)34(3)25-14-7-8-16-28(25,19-40(38,39)23-12-5-4-6-13-23)35-17-15-24(27(35)37)33-26(36)21-10-9-11-22(18-21)29(30,31)32/h4-6,9-13,18,20,24-25H,7-8,14-17,19H2,1-3H3,(H,33,36)/t24-,25+,28+/m0/s1. The van der Waals surface area contributed by atoms with Crippen LogP contribution in [0, 0.1) is 0 Å². The molecule has 2 aromatic carbocycles. The summed E-state index contributed by atoms with van der Waals surface area (Å²) in [4.78, 5) is 30.7. The number of amides is 2. The molecule has 0 bridgehead atoms. The van der Waals surface area contributed by atoms with E-state index in [-0.39, 0.29) is 41.3 Å². The summed E-state index contributed by atoms with van der Waals surface area (Å²) >= 11 is 0. The lowest BCUT2D eigenvalue weighted by atomic mass is 9.76. The monoisotopic (exact) mass is 579 g/mol. The third-order valence-electron chi connectivity index (χ3n) is 8.31. The van der Waals surface area contributed by atoms with Gasteiger partial charge in [0.1, 0.15) is 6.04 Å². The zero-order valence-electron chi connectivity index (χ0n) is 22.9. The highest BCUT2D eigenvalue weighted by molar-refractivity contribution is 7.91. The summed E-state index contributed by atoms with van der Waals surface area (Å²) in [6.07, 6.45) is -1.53. The molecule has 0 radical (unpaired) electrons. The number of likely N-dealkylation sites (tertiary alicyclic amines) is 1. The number of benzene rings is 2. The number of hydrogen-bond donors (Lipinski definition) is 1. The Morgan fingerprint density at radius 2 is 1.80 bits per heavy atom. The largest absolute Gasteiger partial charge is 0.416 e. The predicted octanol–water partition coefficient (Wildman–Crippen LogP) is 4.53. The summed E-state index contributed by atoms with van der Waals surface area (Å²) in [5, 5.41) is 2.61. The fourth-order valence-corrected chi connectivity index (χ4v) is 7.97. The number of nitrogens with zero attached hydrogens (tertiary/aromatic N) is 2. The van der Waals surface area contributed by atoms with Crippen LogP contribution in [-0.4, -0.2) is 73.0 Å². The number of carbonyl (C=O) groups is 2. The number of alkyl halides is 3. The van der Waals surface area contributed by atoms with Crippen LogP contribution in [0.2, 0.25) is 0 Å². The van der Waals surface area contributed by atoms with Gasteiger partial charge in [-0.2, -0.15) is 13.2 Å². The van der Waals surface area contributed by atoms with Gasteiger partial charge < -0.3 is 10.2 Å². The molecule has 1 saturated heterocycles. The van der Waals surface area contributed by atoms with Crippen molar-refractivity contribution >= 4 is 21.7 Å². The number of carbonyl (C=O) groups excluding carboxylic acids is 2. The lowest BCUT2D eigenvalue weighted by Crippen LogP contribution is -2.67. The molecule has 7 nitrogen and oxygen atoms in total. The molecule has 0 unspecified atom stereocenters. The molecule has 11 heteroatoms. The minimum atomic E-state index is -4.61. The van der Waals surface area contributed by atoms with Crippen LogP contribution in [0.5, 0.6) is 0 Å². The molecule has 1 heterocycles. The van der Waals surface area contributed by atoms with E-state index in [0.717, 1.165) is 31.0 Å². The summed E-state index contributed by atoms with van der Waals surface area (Å²) in [7, 11) is -1.85. The quantitative estimate of drug-likeness (QED) is 0.497. The van der Waals surface area contributed by atoms with Crippen molar-refractivity contribution in [3.8, 4) is 0 Å². The summed E-state index contributed by atoms with van der Waals surface area (Å²) in [6.45, 7) is 4.28. The first-order chi connectivity index (χ1) is 18.8. The SMILES string of the molecule is CC(C)N(C)[C@@H]1CCCC[C@]1(CS(=O)(=O)c1ccccc1)N1CC[C@H](NC(=O)c2cccc(C(F)(F)F)c2)C1=O. The van der Waals surface area contributed by atoms with Crippen molar-refractivity contribution in [1.82, 2.24) is 15.1 Å². The van der Waals surface area contributed by atoms with E-state index < -0.39 is 45.0 Å². The third kappa shape index (κ3) is 6.05. The topological polar surface area (TPSA) is 86.8 Å². The molecule has 1 aliphatic heterocycles. The van der Waals surface area contributed by atoms with E-state index >= 15 is 0 Å². The van der Waals surface area contributed by atoms with E-state index in [2.05, 4.69) is 10.2 Å². The van der Waals surface area contributed by atoms with E-state index in [4.69, 9.17) is 0 Å².